The van der Waals surface area contributed by atoms with E-state index in [0.29, 0.717) is 0 Å². The molecule has 25 heavy (non-hydrogen) atoms. The summed E-state index contributed by atoms with van der Waals surface area (Å²) in [5.74, 6) is 0. The second-order valence-corrected chi connectivity index (χ2v) is 20.4. The van der Waals surface area contributed by atoms with Gasteiger partial charge in [-0.15, -0.1) is 0 Å². The van der Waals surface area contributed by atoms with Crippen LogP contribution in [0, 0.1) is 0 Å². The normalized spacial score (nSPS) is 12.5. The molecule has 0 atom stereocenters. The van der Waals surface area contributed by atoms with Gasteiger partial charge >= 0.3 is 0 Å². The van der Waals surface area contributed by atoms with E-state index in [1.54, 1.807) is 49.9 Å². The summed E-state index contributed by atoms with van der Waals surface area (Å²) in [5.41, 5.74) is 0. The Morgan fingerprint density at radius 3 is 1.16 bits per heavy atom. The van der Waals surface area contributed by atoms with Crippen LogP contribution in [0.5, 0.6) is 0 Å². The highest BCUT2D eigenvalue weighted by molar-refractivity contribution is 7.24. The molecule has 0 aromatic heterocycles. The lowest BCUT2D eigenvalue weighted by Crippen LogP contribution is -2.41. The Morgan fingerprint density at radius 1 is 0.440 bits per heavy atom. The molecule has 0 nitrogen and oxygen atoms in total. The zero-order valence-electron chi connectivity index (χ0n) is 18.6. The Balaban J connectivity index is 4.62. The summed E-state index contributed by atoms with van der Waals surface area (Å²) in [7, 11) is -0.622. The summed E-state index contributed by atoms with van der Waals surface area (Å²) in [6.07, 6.45) is 22.4. The van der Waals surface area contributed by atoms with Gasteiger partial charge in [-0.1, -0.05) is 148 Å². The zero-order valence-corrected chi connectivity index (χ0v) is 21.1. The summed E-state index contributed by atoms with van der Waals surface area (Å²) >= 11 is 0. The van der Waals surface area contributed by atoms with Crippen molar-refractivity contribution in [2.45, 2.75) is 148 Å². The maximum absolute atomic E-state index is 2.37. The Labute approximate surface area is 165 Å². The first-order valence-electron chi connectivity index (χ1n) is 12.2. The van der Waals surface area contributed by atoms with Crippen LogP contribution in [-0.2, 0) is 0 Å². The minimum Gasteiger partial charge on any atom is -0.0654 e. The van der Waals surface area contributed by atoms with Gasteiger partial charge in [-0.2, -0.15) is 0 Å². The lowest BCUT2D eigenvalue weighted by atomic mass is 10.2. The second kappa shape index (κ2) is 19.2. The molecule has 0 rings (SSSR count). The van der Waals surface area contributed by atoms with Gasteiger partial charge < -0.3 is 0 Å². The number of unbranched alkanes of at least 4 members (excludes halogenated alkanes) is 11. The largest absolute Gasteiger partial charge is 0.0654 e. The molecule has 0 radical (unpaired) electrons. The fourth-order valence-corrected chi connectivity index (χ4v) is 17.8. The summed E-state index contributed by atoms with van der Waals surface area (Å²) in [5, 5.41) is 0. The van der Waals surface area contributed by atoms with Crippen molar-refractivity contribution in [3.63, 3.8) is 0 Å². The molecule has 0 saturated carbocycles. The smallest absolute Gasteiger partial charge is 0.0401 e. The van der Waals surface area contributed by atoms with E-state index in [1.165, 1.54) is 70.6 Å². The first kappa shape index (κ1) is 25.4. The number of rotatable bonds is 20. The predicted octanol–water partition coefficient (Wildman–Crippen LogP) is 8.45. The van der Waals surface area contributed by atoms with Crippen LogP contribution in [0.15, 0.2) is 0 Å². The van der Waals surface area contributed by atoms with Gasteiger partial charge in [0.2, 0.25) is 0 Å². The van der Waals surface area contributed by atoms with Gasteiger partial charge in [0.1, 0.15) is 0 Å². The minimum atomic E-state index is -0.857. The van der Waals surface area contributed by atoms with Gasteiger partial charge in [-0.05, 0) is 0 Å². The topological polar surface area (TPSA) is 0 Å². The van der Waals surface area contributed by atoms with Crippen LogP contribution in [-0.4, -0.2) is 16.6 Å². The third kappa shape index (κ3) is 15.2. The van der Waals surface area contributed by atoms with Crippen LogP contribution < -0.4 is 0 Å². The molecule has 0 heterocycles. The molecular weight excluding hydrogens is 332 g/mol. The Kier molecular flexibility index (Phi) is 19.5. The molecular formula is C23H52Si2. The van der Waals surface area contributed by atoms with Crippen LogP contribution in [0.1, 0.15) is 124 Å². The summed E-state index contributed by atoms with van der Waals surface area (Å²) < 4.78 is 0. The van der Waals surface area contributed by atoms with Crippen molar-refractivity contribution in [2.75, 3.05) is 0 Å². The van der Waals surface area contributed by atoms with E-state index >= 15 is 0 Å². The molecule has 0 aromatic rings. The first-order chi connectivity index (χ1) is 12.2. The fraction of sp³-hybridized carbons (Fsp3) is 1.00. The van der Waals surface area contributed by atoms with E-state index in [4.69, 9.17) is 0 Å². The van der Waals surface area contributed by atoms with E-state index in [2.05, 4.69) is 27.7 Å². The molecule has 0 aliphatic rings. The van der Waals surface area contributed by atoms with Crippen molar-refractivity contribution in [1.82, 2.24) is 0 Å². The predicted molar refractivity (Wildman–Crippen MR) is 125 cm³/mol. The van der Waals surface area contributed by atoms with E-state index in [-0.39, 0.29) is 9.04 Å². The second-order valence-electron chi connectivity index (χ2n) is 8.74. The maximum Gasteiger partial charge on any atom is 0.0401 e. The third-order valence-electron chi connectivity index (χ3n) is 6.24. The highest BCUT2D eigenvalue weighted by Crippen LogP contribution is 2.30. The van der Waals surface area contributed by atoms with Gasteiger partial charge in [-0.25, -0.2) is 0 Å². The molecule has 0 saturated heterocycles. The average molecular weight is 385 g/mol. The van der Waals surface area contributed by atoms with Crippen molar-refractivity contribution in [2.24, 2.45) is 0 Å². The molecule has 0 fully saturated rings. The van der Waals surface area contributed by atoms with Crippen molar-refractivity contribution >= 4 is 16.6 Å². The highest BCUT2D eigenvalue weighted by atomic mass is 29.2. The van der Waals surface area contributed by atoms with E-state index in [0.717, 1.165) is 0 Å². The molecule has 0 aromatic carbocycles. The van der Waals surface area contributed by atoms with Crippen LogP contribution in [0.2, 0.25) is 24.2 Å². The monoisotopic (exact) mass is 384 g/mol. The highest BCUT2D eigenvalue weighted by Gasteiger charge is 2.30. The third-order valence-corrected chi connectivity index (χ3v) is 19.8. The Morgan fingerprint density at radius 2 is 0.800 bits per heavy atom. The van der Waals surface area contributed by atoms with E-state index in [9.17, 15) is 0 Å². The van der Waals surface area contributed by atoms with Gasteiger partial charge in [0.15, 0.2) is 0 Å². The average Bonchev–Trinajstić information content (AvgIpc) is 2.63. The van der Waals surface area contributed by atoms with Crippen molar-refractivity contribution in [1.29, 1.82) is 0 Å². The zero-order chi connectivity index (χ0) is 18.6. The molecule has 2 heteroatoms. The molecule has 152 valence electrons. The molecule has 0 aliphatic carbocycles. The fourth-order valence-electron chi connectivity index (χ4n) is 4.46. The van der Waals surface area contributed by atoms with E-state index in [1.807, 2.05) is 0 Å². The lowest BCUT2D eigenvalue weighted by molar-refractivity contribution is 0.669. The molecule has 0 spiro atoms. The Hall–Kier alpha value is 0.434. The number of hydrogen-bond acceptors (Lipinski definition) is 0. The number of hydrogen-bond donors (Lipinski definition) is 0. The van der Waals surface area contributed by atoms with Gasteiger partial charge in [0, 0.05) is 16.6 Å². The van der Waals surface area contributed by atoms with Crippen molar-refractivity contribution in [3.05, 3.63) is 0 Å². The van der Waals surface area contributed by atoms with Gasteiger partial charge in [0.05, 0.1) is 0 Å². The van der Waals surface area contributed by atoms with E-state index < -0.39 is 7.59 Å². The summed E-state index contributed by atoms with van der Waals surface area (Å²) in [6, 6.07) is 6.87. The maximum atomic E-state index is 2.37. The molecule has 0 bridgehead atoms. The standard InChI is InChI=1S/C23H52Si2/c1-5-9-13-17-21-25(22-18-14-10-6-2,23-19-15-11-7-3)24-20-16-12-8-4/h5-24H2,1-4H3. The van der Waals surface area contributed by atoms with Crippen LogP contribution in [0.25, 0.3) is 0 Å². The first-order valence-corrected chi connectivity index (χ1v) is 18.2. The molecule has 0 aliphatic heterocycles. The molecule has 0 N–H and O–H groups in total. The van der Waals surface area contributed by atoms with Gasteiger partial charge in [0.25, 0.3) is 0 Å². The minimum absolute atomic E-state index is 0.234. The van der Waals surface area contributed by atoms with Gasteiger partial charge in [-0.3, -0.25) is 0 Å². The summed E-state index contributed by atoms with van der Waals surface area (Å²) in [4.78, 5) is 0. The lowest BCUT2D eigenvalue weighted by Gasteiger charge is -2.33. The summed E-state index contributed by atoms with van der Waals surface area (Å²) in [6.45, 7) is 9.45. The van der Waals surface area contributed by atoms with Crippen molar-refractivity contribution in [3.8, 4) is 0 Å². The Bertz CT molecular complexity index is 199. The van der Waals surface area contributed by atoms with Crippen LogP contribution >= 0.6 is 0 Å². The quantitative estimate of drug-likeness (QED) is 0.146. The molecule has 0 unspecified atom stereocenters. The van der Waals surface area contributed by atoms with Crippen molar-refractivity contribution < 1.29 is 0 Å². The SMILES string of the molecule is CCCCCC[Si](CCCCCC)(CCCCCC)[SiH2]CCCCC. The van der Waals surface area contributed by atoms with Crippen LogP contribution in [0.3, 0.4) is 0 Å². The molecule has 0 amide bonds. The van der Waals surface area contributed by atoms with Crippen LogP contribution in [0.4, 0.5) is 0 Å².